The van der Waals surface area contributed by atoms with Gasteiger partial charge in [0.05, 0.1) is 11.1 Å². The smallest absolute Gasteiger partial charge is 0.335 e. The molecule has 0 unspecified atom stereocenters. The summed E-state index contributed by atoms with van der Waals surface area (Å²) in [6.07, 6.45) is 0.459. The monoisotopic (exact) mass is 384 g/mol. The van der Waals surface area contributed by atoms with Gasteiger partial charge in [0.15, 0.2) is 0 Å². The van der Waals surface area contributed by atoms with Gasteiger partial charge in [-0.25, -0.2) is 9.59 Å². The predicted molar refractivity (Wildman–Crippen MR) is 114 cm³/mol. The fourth-order valence-corrected chi connectivity index (χ4v) is 4.13. The largest absolute Gasteiger partial charge is 0.478 e. The average Bonchev–Trinajstić information content (AvgIpc) is 2.70. The number of fused-ring (bicyclic) bond motifs is 2. The van der Waals surface area contributed by atoms with Crippen LogP contribution >= 0.6 is 0 Å². The van der Waals surface area contributed by atoms with Crippen molar-refractivity contribution < 1.29 is 19.8 Å². The maximum Gasteiger partial charge on any atom is 0.335 e. The van der Waals surface area contributed by atoms with E-state index in [0.29, 0.717) is 17.5 Å². The Hall–Kier alpha value is -3.66. The van der Waals surface area contributed by atoms with E-state index in [4.69, 9.17) is 0 Å². The molecule has 4 rings (SSSR count). The number of aromatic carboxylic acids is 2. The lowest BCUT2D eigenvalue weighted by Gasteiger charge is -2.18. The molecule has 4 heteroatoms. The minimum Gasteiger partial charge on any atom is -0.478 e. The summed E-state index contributed by atoms with van der Waals surface area (Å²) in [5, 5.41) is 23.1. The summed E-state index contributed by atoms with van der Waals surface area (Å²) in [7, 11) is 0. The summed E-state index contributed by atoms with van der Waals surface area (Å²) in [5.74, 6) is -1.93. The molecule has 0 saturated heterocycles. The third kappa shape index (κ3) is 3.13. The topological polar surface area (TPSA) is 74.6 Å². The fraction of sp³-hybridized carbons (Fsp3) is 0.120. The molecular weight excluding hydrogens is 364 g/mol. The first-order chi connectivity index (χ1) is 13.9. The Balaban J connectivity index is 2.05. The Morgan fingerprint density at radius 3 is 1.45 bits per heavy atom. The highest BCUT2D eigenvalue weighted by molar-refractivity contribution is 6.00. The van der Waals surface area contributed by atoms with Gasteiger partial charge in [-0.2, -0.15) is 0 Å². The van der Waals surface area contributed by atoms with Crippen molar-refractivity contribution in [3.63, 3.8) is 0 Å². The first-order valence-corrected chi connectivity index (χ1v) is 9.37. The molecule has 0 aromatic heterocycles. The summed E-state index contributed by atoms with van der Waals surface area (Å²) in [4.78, 5) is 23.6. The Morgan fingerprint density at radius 1 is 0.690 bits per heavy atom. The molecule has 0 bridgehead atoms. The van der Waals surface area contributed by atoms with Crippen LogP contribution in [-0.4, -0.2) is 22.2 Å². The summed E-state index contributed by atoms with van der Waals surface area (Å²) >= 11 is 0. The van der Waals surface area contributed by atoms with Gasteiger partial charge in [0.1, 0.15) is 0 Å². The van der Waals surface area contributed by atoms with Crippen molar-refractivity contribution in [1.29, 1.82) is 0 Å². The van der Waals surface area contributed by atoms with Crippen LogP contribution in [0.3, 0.4) is 0 Å². The molecule has 0 spiro atoms. The van der Waals surface area contributed by atoms with Crippen LogP contribution in [0.25, 0.3) is 21.5 Å². The fourth-order valence-electron chi connectivity index (χ4n) is 4.13. The molecule has 4 aromatic carbocycles. The second-order valence-corrected chi connectivity index (χ2v) is 7.28. The van der Waals surface area contributed by atoms with Gasteiger partial charge in [0.2, 0.25) is 0 Å². The van der Waals surface area contributed by atoms with Crippen LogP contribution in [0.15, 0.2) is 60.7 Å². The van der Waals surface area contributed by atoms with Crippen LogP contribution in [0.2, 0.25) is 0 Å². The quantitative estimate of drug-likeness (QED) is 0.480. The maximum absolute atomic E-state index is 11.8. The zero-order valence-corrected chi connectivity index (χ0v) is 16.2. The number of benzene rings is 4. The van der Waals surface area contributed by atoms with Crippen LogP contribution in [0.4, 0.5) is 0 Å². The second-order valence-electron chi connectivity index (χ2n) is 7.28. The Kier molecular flexibility index (Phi) is 4.55. The number of carboxylic acids is 2. The zero-order valence-electron chi connectivity index (χ0n) is 16.2. The normalized spacial score (nSPS) is 11.1. The van der Waals surface area contributed by atoms with Crippen LogP contribution in [0.1, 0.15) is 43.0 Å². The van der Waals surface area contributed by atoms with E-state index in [0.717, 1.165) is 32.7 Å². The Labute approximate surface area is 168 Å². The van der Waals surface area contributed by atoms with Crippen molar-refractivity contribution in [2.75, 3.05) is 0 Å². The lowest BCUT2D eigenvalue weighted by molar-refractivity contribution is 0.0685. The van der Waals surface area contributed by atoms with Crippen molar-refractivity contribution in [2.24, 2.45) is 0 Å². The Bertz CT molecular complexity index is 1200. The first kappa shape index (κ1) is 18.7. The lowest BCUT2D eigenvalue weighted by Crippen LogP contribution is -2.08. The third-order valence-electron chi connectivity index (χ3n) is 5.70. The van der Waals surface area contributed by atoms with Gasteiger partial charge < -0.3 is 10.2 Å². The summed E-state index contributed by atoms with van der Waals surface area (Å²) < 4.78 is 0. The van der Waals surface area contributed by atoms with E-state index in [-0.39, 0.29) is 11.1 Å². The van der Waals surface area contributed by atoms with E-state index in [1.165, 1.54) is 0 Å². The van der Waals surface area contributed by atoms with Crippen molar-refractivity contribution in [1.82, 2.24) is 0 Å². The molecule has 0 radical (unpaired) electrons. The maximum atomic E-state index is 11.8. The standard InChI is InChI=1S/C25H20O4/c1-14-20(18-9-5-3-7-16(18)11-22(14)24(26)27)13-21-15(2)23(25(28)29)12-17-8-4-6-10-19(17)21/h3-12H,13H2,1-2H3,(H,26,27)(H,28,29). The number of hydrogen-bond acceptors (Lipinski definition) is 2. The lowest BCUT2D eigenvalue weighted by atomic mass is 9.86. The highest BCUT2D eigenvalue weighted by Gasteiger charge is 2.19. The van der Waals surface area contributed by atoms with E-state index in [9.17, 15) is 19.8 Å². The summed E-state index contributed by atoms with van der Waals surface area (Å²) in [6, 6.07) is 18.8. The van der Waals surface area contributed by atoms with Gasteiger partial charge in [0, 0.05) is 0 Å². The Morgan fingerprint density at radius 2 is 1.07 bits per heavy atom. The molecule has 0 heterocycles. The van der Waals surface area contributed by atoms with Crippen molar-refractivity contribution in [2.45, 2.75) is 20.3 Å². The van der Waals surface area contributed by atoms with Gasteiger partial charge in [0.25, 0.3) is 0 Å². The van der Waals surface area contributed by atoms with Crippen molar-refractivity contribution in [3.05, 3.63) is 94.0 Å². The van der Waals surface area contributed by atoms with Crippen molar-refractivity contribution >= 4 is 33.5 Å². The van der Waals surface area contributed by atoms with Gasteiger partial charge >= 0.3 is 11.9 Å². The predicted octanol–water partition coefficient (Wildman–Crippen LogP) is 5.60. The molecule has 0 saturated carbocycles. The van der Waals surface area contributed by atoms with E-state index >= 15 is 0 Å². The molecule has 0 amide bonds. The van der Waals surface area contributed by atoms with Gasteiger partial charge in [-0.15, -0.1) is 0 Å². The molecular formula is C25H20O4. The SMILES string of the molecule is Cc1c(C(=O)O)cc2ccccc2c1Cc1c(C)c(C(=O)O)cc2ccccc12. The number of rotatable bonds is 4. The molecule has 0 fully saturated rings. The average molecular weight is 384 g/mol. The van der Waals surface area contributed by atoms with Crippen LogP contribution in [-0.2, 0) is 6.42 Å². The van der Waals surface area contributed by atoms with E-state index in [2.05, 4.69) is 0 Å². The summed E-state index contributed by atoms with van der Waals surface area (Å²) in [6.45, 7) is 3.65. The first-order valence-electron chi connectivity index (χ1n) is 9.37. The molecule has 0 aliphatic heterocycles. The molecule has 29 heavy (non-hydrogen) atoms. The number of carboxylic acid groups (broad SMARTS) is 2. The number of carbonyl (C=O) groups is 2. The number of hydrogen-bond donors (Lipinski definition) is 2. The zero-order chi connectivity index (χ0) is 20.7. The van der Waals surface area contributed by atoms with Crippen LogP contribution in [0.5, 0.6) is 0 Å². The summed E-state index contributed by atoms with van der Waals surface area (Å²) in [5.41, 5.74) is 3.79. The van der Waals surface area contributed by atoms with Gasteiger partial charge in [-0.1, -0.05) is 48.5 Å². The minimum absolute atomic E-state index is 0.273. The van der Waals surface area contributed by atoms with E-state index in [1.807, 2.05) is 62.4 Å². The molecule has 144 valence electrons. The molecule has 0 aliphatic carbocycles. The van der Waals surface area contributed by atoms with E-state index in [1.54, 1.807) is 12.1 Å². The van der Waals surface area contributed by atoms with Gasteiger partial charge in [-0.05, 0) is 76.2 Å². The van der Waals surface area contributed by atoms with Crippen LogP contribution in [0, 0.1) is 13.8 Å². The van der Waals surface area contributed by atoms with Crippen molar-refractivity contribution in [3.8, 4) is 0 Å². The molecule has 2 N–H and O–H groups in total. The molecule has 0 atom stereocenters. The second kappa shape index (κ2) is 7.06. The van der Waals surface area contributed by atoms with E-state index < -0.39 is 11.9 Å². The minimum atomic E-state index is -0.963. The molecule has 0 aliphatic rings. The highest BCUT2D eigenvalue weighted by Crippen LogP contribution is 2.33. The third-order valence-corrected chi connectivity index (χ3v) is 5.70. The van der Waals surface area contributed by atoms with Crippen LogP contribution < -0.4 is 0 Å². The highest BCUT2D eigenvalue weighted by atomic mass is 16.4. The molecule has 4 nitrogen and oxygen atoms in total. The van der Waals surface area contributed by atoms with Gasteiger partial charge in [-0.3, -0.25) is 0 Å². The molecule has 4 aromatic rings.